The lowest BCUT2D eigenvalue weighted by Crippen LogP contribution is -2.07. The van der Waals surface area contributed by atoms with Crippen LogP contribution in [0.15, 0.2) is 22.7 Å². The van der Waals surface area contributed by atoms with E-state index in [2.05, 4.69) is 15.9 Å². The first-order chi connectivity index (χ1) is 7.63. The van der Waals surface area contributed by atoms with Gasteiger partial charge in [0.15, 0.2) is 0 Å². The Labute approximate surface area is 108 Å². The SMILES string of the molecule is CSCCCOC(=O)c1cc(N)cc(Br)c1. The molecule has 0 aliphatic heterocycles. The van der Waals surface area contributed by atoms with Gasteiger partial charge in [-0.2, -0.15) is 11.8 Å². The van der Waals surface area contributed by atoms with Gasteiger partial charge >= 0.3 is 5.97 Å². The van der Waals surface area contributed by atoms with Gasteiger partial charge in [0.2, 0.25) is 0 Å². The molecule has 0 aliphatic carbocycles. The van der Waals surface area contributed by atoms with Crippen molar-refractivity contribution in [3.63, 3.8) is 0 Å². The van der Waals surface area contributed by atoms with E-state index in [1.54, 1.807) is 30.0 Å². The van der Waals surface area contributed by atoms with Gasteiger partial charge in [-0.1, -0.05) is 15.9 Å². The maximum Gasteiger partial charge on any atom is 0.338 e. The summed E-state index contributed by atoms with van der Waals surface area (Å²) in [7, 11) is 0. The van der Waals surface area contributed by atoms with E-state index >= 15 is 0 Å². The molecule has 1 rings (SSSR count). The van der Waals surface area contributed by atoms with Crippen LogP contribution in [-0.4, -0.2) is 24.6 Å². The van der Waals surface area contributed by atoms with Crippen molar-refractivity contribution < 1.29 is 9.53 Å². The summed E-state index contributed by atoms with van der Waals surface area (Å²) in [5, 5.41) is 0. The number of hydrogen-bond donors (Lipinski definition) is 1. The Balaban J connectivity index is 2.52. The van der Waals surface area contributed by atoms with Crippen molar-refractivity contribution in [3.8, 4) is 0 Å². The molecule has 1 aromatic carbocycles. The van der Waals surface area contributed by atoms with E-state index in [4.69, 9.17) is 10.5 Å². The number of thioether (sulfide) groups is 1. The highest BCUT2D eigenvalue weighted by atomic mass is 79.9. The molecular formula is C11H14BrNO2S. The summed E-state index contributed by atoms with van der Waals surface area (Å²) in [5.41, 5.74) is 6.66. The fourth-order valence-electron chi connectivity index (χ4n) is 1.18. The molecule has 2 N–H and O–H groups in total. The Kier molecular flexibility index (Phi) is 5.69. The minimum absolute atomic E-state index is 0.325. The van der Waals surface area contributed by atoms with Crippen LogP contribution in [0.25, 0.3) is 0 Å². The van der Waals surface area contributed by atoms with Crippen LogP contribution in [0.5, 0.6) is 0 Å². The maximum atomic E-state index is 11.6. The predicted octanol–water partition coefficient (Wildman–Crippen LogP) is 2.94. The zero-order valence-corrected chi connectivity index (χ0v) is 11.4. The van der Waals surface area contributed by atoms with E-state index < -0.39 is 0 Å². The molecule has 0 saturated heterocycles. The van der Waals surface area contributed by atoms with Crippen LogP contribution in [0.3, 0.4) is 0 Å². The minimum atomic E-state index is -0.325. The minimum Gasteiger partial charge on any atom is -0.462 e. The van der Waals surface area contributed by atoms with Gasteiger partial charge in [-0.3, -0.25) is 0 Å². The van der Waals surface area contributed by atoms with Gasteiger partial charge in [-0.15, -0.1) is 0 Å². The predicted molar refractivity (Wildman–Crippen MR) is 71.8 cm³/mol. The van der Waals surface area contributed by atoms with E-state index in [1.165, 1.54) is 0 Å². The summed E-state index contributed by atoms with van der Waals surface area (Å²) in [6, 6.07) is 5.05. The van der Waals surface area contributed by atoms with Gasteiger partial charge in [-0.05, 0) is 36.6 Å². The van der Waals surface area contributed by atoms with E-state index in [-0.39, 0.29) is 5.97 Å². The standard InChI is InChI=1S/C11H14BrNO2S/c1-16-4-2-3-15-11(14)8-5-9(12)7-10(13)6-8/h5-7H,2-4,13H2,1H3. The molecule has 5 heteroatoms. The van der Waals surface area contributed by atoms with Crippen LogP contribution in [0.4, 0.5) is 5.69 Å². The number of anilines is 1. The van der Waals surface area contributed by atoms with Crippen molar-refractivity contribution in [2.45, 2.75) is 6.42 Å². The molecule has 16 heavy (non-hydrogen) atoms. The summed E-state index contributed by atoms with van der Waals surface area (Å²) in [6.45, 7) is 0.450. The van der Waals surface area contributed by atoms with Gasteiger partial charge in [0.05, 0.1) is 12.2 Å². The molecule has 0 radical (unpaired) electrons. The number of carbonyl (C=O) groups excluding carboxylic acids is 1. The van der Waals surface area contributed by atoms with Gasteiger partial charge in [0.1, 0.15) is 0 Å². The monoisotopic (exact) mass is 303 g/mol. The van der Waals surface area contributed by atoms with Crippen LogP contribution >= 0.6 is 27.7 Å². The zero-order valence-electron chi connectivity index (χ0n) is 9.03. The van der Waals surface area contributed by atoms with Crippen molar-refractivity contribution >= 4 is 39.3 Å². The van der Waals surface area contributed by atoms with Crippen LogP contribution < -0.4 is 5.73 Å². The second-order valence-electron chi connectivity index (χ2n) is 3.26. The third-order valence-corrected chi connectivity index (χ3v) is 3.04. The largest absolute Gasteiger partial charge is 0.462 e. The summed E-state index contributed by atoms with van der Waals surface area (Å²) < 4.78 is 5.89. The zero-order chi connectivity index (χ0) is 12.0. The summed E-state index contributed by atoms with van der Waals surface area (Å²) in [6.07, 6.45) is 2.90. The molecule has 0 saturated carbocycles. The lowest BCUT2D eigenvalue weighted by atomic mass is 10.2. The molecule has 0 bridgehead atoms. The average molecular weight is 304 g/mol. The van der Waals surface area contributed by atoms with Gasteiger partial charge in [0, 0.05) is 10.2 Å². The number of nitrogen functional groups attached to an aromatic ring is 1. The number of rotatable bonds is 5. The summed E-state index contributed by atoms with van der Waals surface area (Å²) in [4.78, 5) is 11.6. The Bertz CT molecular complexity index is 351. The van der Waals surface area contributed by atoms with Gasteiger partial charge in [0.25, 0.3) is 0 Å². The molecule has 3 nitrogen and oxygen atoms in total. The number of halogens is 1. The quantitative estimate of drug-likeness (QED) is 0.516. The highest BCUT2D eigenvalue weighted by Crippen LogP contribution is 2.18. The topological polar surface area (TPSA) is 52.3 Å². The summed E-state index contributed by atoms with van der Waals surface area (Å²) >= 11 is 5.02. The number of hydrogen-bond acceptors (Lipinski definition) is 4. The molecule has 0 aromatic heterocycles. The highest BCUT2D eigenvalue weighted by molar-refractivity contribution is 9.10. The maximum absolute atomic E-state index is 11.6. The van der Waals surface area contributed by atoms with Crippen molar-refractivity contribution in [1.82, 2.24) is 0 Å². The van der Waals surface area contributed by atoms with Crippen molar-refractivity contribution in [3.05, 3.63) is 28.2 Å². The second-order valence-corrected chi connectivity index (χ2v) is 5.16. The molecule has 0 atom stereocenters. The number of ether oxygens (including phenoxy) is 1. The van der Waals surface area contributed by atoms with Crippen LogP contribution in [0, 0.1) is 0 Å². The molecule has 0 aliphatic rings. The summed E-state index contributed by atoms with van der Waals surface area (Å²) in [5.74, 6) is 0.669. The molecule has 0 unspecified atom stereocenters. The van der Waals surface area contributed by atoms with Crippen LogP contribution in [-0.2, 0) is 4.74 Å². The molecule has 0 spiro atoms. The Morgan fingerprint density at radius 1 is 1.50 bits per heavy atom. The number of esters is 1. The van der Waals surface area contributed by atoms with E-state index in [0.29, 0.717) is 17.9 Å². The first-order valence-corrected chi connectivity index (χ1v) is 7.04. The average Bonchev–Trinajstić information content (AvgIpc) is 2.22. The third kappa shape index (κ3) is 4.45. The Hall–Kier alpha value is -0.680. The molecule has 0 amide bonds. The van der Waals surface area contributed by atoms with Gasteiger partial charge < -0.3 is 10.5 Å². The normalized spacial score (nSPS) is 10.1. The first-order valence-electron chi connectivity index (χ1n) is 4.85. The second kappa shape index (κ2) is 6.81. The molecular weight excluding hydrogens is 290 g/mol. The molecule has 0 heterocycles. The van der Waals surface area contributed by atoms with Crippen molar-refractivity contribution in [2.75, 3.05) is 24.3 Å². The van der Waals surface area contributed by atoms with Crippen molar-refractivity contribution in [1.29, 1.82) is 0 Å². The Morgan fingerprint density at radius 2 is 2.25 bits per heavy atom. The van der Waals surface area contributed by atoms with E-state index in [0.717, 1.165) is 16.6 Å². The third-order valence-electron chi connectivity index (χ3n) is 1.88. The molecule has 1 aromatic rings. The van der Waals surface area contributed by atoms with Crippen LogP contribution in [0.2, 0.25) is 0 Å². The Morgan fingerprint density at radius 3 is 2.88 bits per heavy atom. The van der Waals surface area contributed by atoms with E-state index in [9.17, 15) is 4.79 Å². The lowest BCUT2D eigenvalue weighted by molar-refractivity contribution is 0.0506. The highest BCUT2D eigenvalue weighted by Gasteiger charge is 2.08. The van der Waals surface area contributed by atoms with Crippen molar-refractivity contribution in [2.24, 2.45) is 0 Å². The number of nitrogens with two attached hydrogens (primary N) is 1. The van der Waals surface area contributed by atoms with Crippen LogP contribution in [0.1, 0.15) is 16.8 Å². The smallest absolute Gasteiger partial charge is 0.338 e. The van der Waals surface area contributed by atoms with Gasteiger partial charge in [-0.25, -0.2) is 4.79 Å². The fourth-order valence-corrected chi connectivity index (χ4v) is 2.10. The lowest BCUT2D eigenvalue weighted by Gasteiger charge is -2.05. The number of carbonyl (C=O) groups is 1. The molecule has 88 valence electrons. The van der Waals surface area contributed by atoms with E-state index in [1.807, 2.05) is 6.26 Å². The first kappa shape index (κ1) is 13.4. The number of benzene rings is 1. The fraction of sp³-hybridized carbons (Fsp3) is 0.364. The molecule has 0 fully saturated rings.